The molecule has 0 saturated carbocycles. The van der Waals surface area contributed by atoms with Crippen LogP contribution >= 0.6 is 0 Å². The average Bonchev–Trinajstić information content (AvgIpc) is 2.64. The van der Waals surface area contributed by atoms with Crippen LogP contribution in [0.15, 0.2) is 55.1 Å². The van der Waals surface area contributed by atoms with E-state index in [1.807, 2.05) is 12.1 Å². The molecule has 7 heteroatoms. The van der Waals surface area contributed by atoms with Crippen molar-refractivity contribution in [1.82, 2.24) is 15.0 Å². The smallest absolute Gasteiger partial charge is 0.248 e. The van der Waals surface area contributed by atoms with E-state index in [0.717, 1.165) is 11.3 Å². The van der Waals surface area contributed by atoms with Crippen LogP contribution in [0.3, 0.4) is 0 Å². The highest BCUT2D eigenvalue weighted by molar-refractivity contribution is 5.67. The van der Waals surface area contributed by atoms with E-state index >= 15 is 0 Å². The van der Waals surface area contributed by atoms with Crippen molar-refractivity contribution in [2.75, 3.05) is 18.2 Å². The van der Waals surface area contributed by atoms with Gasteiger partial charge in [-0.05, 0) is 35.9 Å². The lowest BCUT2D eigenvalue weighted by Gasteiger charge is -2.12. The number of pyridine rings is 1. The Morgan fingerprint density at radius 1 is 1.08 bits per heavy atom. The normalized spacial score (nSPS) is 10.2. The Balaban J connectivity index is 1.72. The molecule has 0 aliphatic carbocycles. The molecule has 0 bridgehead atoms. The molecule has 122 valence electrons. The molecule has 24 heavy (non-hydrogen) atoms. The Labute approximate surface area is 139 Å². The first-order valence-electron chi connectivity index (χ1n) is 7.31. The third-order valence-electron chi connectivity index (χ3n) is 3.30. The van der Waals surface area contributed by atoms with Crippen LogP contribution in [0.5, 0.6) is 17.4 Å². The van der Waals surface area contributed by atoms with Gasteiger partial charge in [-0.1, -0.05) is 6.07 Å². The molecule has 0 aliphatic rings. The second kappa shape index (κ2) is 7.28. The maximum Gasteiger partial charge on any atom is 0.248 e. The molecule has 0 saturated heterocycles. The van der Waals surface area contributed by atoms with Crippen molar-refractivity contribution < 1.29 is 9.47 Å². The summed E-state index contributed by atoms with van der Waals surface area (Å²) < 4.78 is 10.8. The molecule has 3 N–H and O–H groups in total. The summed E-state index contributed by atoms with van der Waals surface area (Å²) in [6, 6.07) is 11.0. The van der Waals surface area contributed by atoms with E-state index in [9.17, 15) is 0 Å². The van der Waals surface area contributed by atoms with E-state index in [2.05, 4.69) is 20.3 Å². The maximum atomic E-state index is 6.10. The standard InChI is InChI=1S/C17H17N5O2/c1-23-13-4-6-14(7-5-13)24-17-15(18)16(21-11-22-17)20-10-12-3-2-8-19-9-12/h2-9,11H,10,18H2,1H3,(H,20,21,22). The van der Waals surface area contributed by atoms with Crippen molar-refractivity contribution in [3.8, 4) is 17.4 Å². The number of nitrogens with two attached hydrogens (primary N) is 1. The highest BCUT2D eigenvalue weighted by Crippen LogP contribution is 2.30. The monoisotopic (exact) mass is 323 g/mol. The van der Waals surface area contributed by atoms with Crippen molar-refractivity contribution in [1.29, 1.82) is 0 Å². The van der Waals surface area contributed by atoms with E-state index in [0.29, 0.717) is 29.7 Å². The molecule has 0 unspecified atom stereocenters. The molecule has 0 spiro atoms. The predicted octanol–water partition coefficient (Wildman–Crippen LogP) is 2.87. The summed E-state index contributed by atoms with van der Waals surface area (Å²) in [6.07, 6.45) is 4.91. The second-order valence-electron chi connectivity index (χ2n) is 4.93. The molecular formula is C17H17N5O2. The maximum absolute atomic E-state index is 6.10. The molecule has 3 aromatic rings. The minimum Gasteiger partial charge on any atom is -0.497 e. The summed E-state index contributed by atoms with van der Waals surface area (Å²) >= 11 is 0. The number of hydrogen-bond donors (Lipinski definition) is 2. The number of nitrogen functional groups attached to an aromatic ring is 1. The van der Waals surface area contributed by atoms with Gasteiger partial charge in [0.05, 0.1) is 7.11 Å². The molecule has 7 nitrogen and oxygen atoms in total. The predicted molar refractivity (Wildman–Crippen MR) is 91.1 cm³/mol. The van der Waals surface area contributed by atoms with Gasteiger partial charge in [0.1, 0.15) is 23.5 Å². The van der Waals surface area contributed by atoms with E-state index in [-0.39, 0.29) is 0 Å². The molecule has 0 fully saturated rings. The molecule has 0 radical (unpaired) electrons. The lowest BCUT2D eigenvalue weighted by molar-refractivity contribution is 0.412. The number of nitrogens with zero attached hydrogens (tertiary/aromatic N) is 3. The van der Waals surface area contributed by atoms with Gasteiger partial charge in [-0.2, -0.15) is 4.98 Å². The Hall–Kier alpha value is -3.35. The fourth-order valence-corrected chi connectivity index (χ4v) is 2.05. The molecule has 0 amide bonds. The van der Waals surface area contributed by atoms with Crippen LogP contribution in [0, 0.1) is 0 Å². The quantitative estimate of drug-likeness (QED) is 0.720. The van der Waals surface area contributed by atoms with Crippen molar-refractivity contribution in [3.05, 3.63) is 60.7 Å². The van der Waals surface area contributed by atoms with Crippen molar-refractivity contribution in [3.63, 3.8) is 0 Å². The van der Waals surface area contributed by atoms with Gasteiger partial charge in [-0.25, -0.2) is 4.98 Å². The number of benzene rings is 1. The van der Waals surface area contributed by atoms with Crippen LogP contribution in [-0.2, 0) is 6.54 Å². The van der Waals surface area contributed by atoms with Gasteiger partial charge < -0.3 is 20.5 Å². The lowest BCUT2D eigenvalue weighted by atomic mass is 10.3. The van der Waals surface area contributed by atoms with Gasteiger partial charge in [0.15, 0.2) is 5.82 Å². The first-order valence-corrected chi connectivity index (χ1v) is 7.31. The largest absolute Gasteiger partial charge is 0.497 e. The summed E-state index contributed by atoms with van der Waals surface area (Å²) in [7, 11) is 1.61. The van der Waals surface area contributed by atoms with Crippen LogP contribution in [-0.4, -0.2) is 22.1 Å². The van der Waals surface area contributed by atoms with E-state index in [4.69, 9.17) is 15.2 Å². The molecule has 3 rings (SSSR count). The highest BCUT2D eigenvalue weighted by atomic mass is 16.5. The summed E-state index contributed by atoms with van der Waals surface area (Å²) in [5.41, 5.74) is 7.46. The average molecular weight is 323 g/mol. The fourth-order valence-electron chi connectivity index (χ4n) is 2.05. The molecule has 2 heterocycles. The Bertz CT molecular complexity index is 794. The van der Waals surface area contributed by atoms with Gasteiger partial charge in [-0.3, -0.25) is 4.98 Å². The summed E-state index contributed by atoms with van der Waals surface area (Å²) in [6.45, 7) is 0.553. The second-order valence-corrected chi connectivity index (χ2v) is 4.93. The minimum atomic E-state index is 0.295. The van der Waals surface area contributed by atoms with Crippen LogP contribution < -0.4 is 20.5 Å². The van der Waals surface area contributed by atoms with Gasteiger partial charge in [0.25, 0.3) is 0 Å². The van der Waals surface area contributed by atoms with Crippen molar-refractivity contribution in [2.24, 2.45) is 0 Å². The van der Waals surface area contributed by atoms with Gasteiger partial charge >= 0.3 is 0 Å². The molecule has 0 aliphatic heterocycles. The number of ether oxygens (including phenoxy) is 2. The zero-order chi connectivity index (χ0) is 16.8. The van der Waals surface area contributed by atoms with Gasteiger partial charge in [0.2, 0.25) is 5.88 Å². The van der Waals surface area contributed by atoms with Gasteiger partial charge in [0, 0.05) is 18.9 Å². The number of anilines is 2. The van der Waals surface area contributed by atoms with E-state index in [1.165, 1.54) is 6.33 Å². The first-order chi connectivity index (χ1) is 11.8. The summed E-state index contributed by atoms with van der Waals surface area (Å²) in [4.78, 5) is 12.3. The Morgan fingerprint density at radius 3 is 2.58 bits per heavy atom. The Kier molecular flexibility index (Phi) is 4.71. The van der Waals surface area contributed by atoms with Gasteiger partial charge in [-0.15, -0.1) is 0 Å². The Morgan fingerprint density at radius 2 is 1.88 bits per heavy atom. The topological polar surface area (TPSA) is 95.2 Å². The number of rotatable bonds is 6. The first kappa shape index (κ1) is 15.5. The SMILES string of the molecule is COc1ccc(Oc2ncnc(NCc3cccnc3)c2N)cc1. The highest BCUT2D eigenvalue weighted by Gasteiger charge is 2.10. The zero-order valence-corrected chi connectivity index (χ0v) is 13.1. The van der Waals surface area contributed by atoms with Crippen LogP contribution in [0.1, 0.15) is 5.56 Å². The minimum absolute atomic E-state index is 0.295. The number of aromatic nitrogens is 3. The number of hydrogen-bond acceptors (Lipinski definition) is 7. The third kappa shape index (κ3) is 3.70. The van der Waals surface area contributed by atoms with Crippen LogP contribution in [0.2, 0.25) is 0 Å². The summed E-state index contributed by atoms with van der Waals surface area (Å²) in [5.74, 6) is 2.16. The number of methoxy groups -OCH3 is 1. The molecule has 1 aromatic carbocycles. The molecule has 0 atom stereocenters. The molecule has 2 aromatic heterocycles. The van der Waals surface area contributed by atoms with E-state index < -0.39 is 0 Å². The van der Waals surface area contributed by atoms with Crippen molar-refractivity contribution in [2.45, 2.75) is 6.54 Å². The molecular weight excluding hydrogens is 306 g/mol. The number of nitrogens with one attached hydrogen (secondary N) is 1. The third-order valence-corrected chi connectivity index (χ3v) is 3.30. The zero-order valence-electron chi connectivity index (χ0n) is 13.1. The van der Waals surface area contributed by atoms with Crippen LogP contribution in [0.25, 0.3) is 0 Å². The fraction of sp³-hybridized carbons (Fsp3) is 0.118. The summed E-state index contributed by atoms with van der Waals surface area (Å²) in [5, 5.41) is 3.16. The van der Waals surface area contributed by atoms with Crippen molar-refractivity contribution >= 4 is 11.5 Å². The lowest BCUT2D eigenvalue weighted by Crippen LogP contribution is -2.06. The van der Waals surface area contributed by atoms with Crippen LogP contribution in [0.4, 0.5) is 11.5 Å². The van der Waals surface area contributed by atoms with E-state index in [1.54, 1.807) is 43.8 Å².